The van der Waals surface area contributed by atoms with Crippen molar-refractivity contribution in [1.29, 1.82) is 0 Å². The summed E-state index contributed by atoms with van der Waals surface area (Å²) in [5.41, 5.74) is 2.83. The first-order valence-electron chi connectivity index (χ1n) is 11.5. The third kappa shape index (κ3) is 6.74. The van der Waals surface area contributed by atoms with E-state index in [-0.39, 0.29) is 6.10 Å². The summed E-state index contributed by atoms with van der Waals surface area (Å²) in [6, 6.07) is 15.6. The first-order chi connectivity index (χ1) is 13.9. The average Bonchev–Trinajstić information content (AvgIpc) is 3.28. The van der Waals surface area contributed by atoms with Gasteiger partial charge >= 0.3 is 0 Å². The van der Waals surface area contributed by atoms with Gasteiger partial charge < -0.3 is 4.74 Å². The van der Waals surface area contributed by atoms with Crippen LogP contribution < -0.4 is 4.57 Å². The van der Waals surface area contributed by atoms with Crippen LogP contribution >= 0.6 is 0 Å². The van der Waals surface area contributed by atoms with Gasteiger partial charge in [-0.3, -0.25) is 0 Å². The summed E-state index contributed by atoms with van der Waals surface area (Å²) in [4.78, 5) is 0. The molecule has 1 saturated carbocycles. The maximum atomic E-state index is 6.38. The van der Waals surface area contributed by atoms with E-state index < -0.39 is 0 Å². The molecular formula is C26H38NO+. The summed E-state index contributed by atoms with van der Waals surface area (Å²) < 4.78 is 8.62. The molecule has 1 fully saturated rings. The van der Waals surface area contributed by atoms with Crippen molar-refractivity contribution in [3.8, 4) is 0 Å². The third-order valence-electron chi connectivity index (χ3n) is 6.11. The molecule has 0 bridgehead atoms. The van der Waals surface area contributed by atoms with E-state index in [2.05, 4.69) is 66.3 Å². The fourth-order valence-electron chi connectivity index (χ4n) is 4.35. The standard InChI is InChI=1S/C26H38NO/c1-2-3-4-5-6-12-21-28-26(22-27-19-10-7-11-20-27)25-17-15-24(16-18-25)23-13-8-9-14-23/h7,10-11,15-20,23,26H,2-6,8-9,12-14,21-22H2,1H3/q+1. The van der Waals surface area contributed by atoms with Crippen LogP contribution in [0.25, 0.3) is 0 Å². The fourth-order valence-corrected chi connectivity index (χ4v) is 4.35. The molecule has 0 saturated heterocycles. The molecule has 0 aliphatic heterocycles. The number of benzene rings is 1. The Kier molecular flexibility index (Phi) is 9.03. The molecule has 0 radical (unpaired) electrons. The molecule has 1 heterocycles. The molecule has 1 aromatic carbocycles. The maximum absolute atomic E-state index is 6.38. The van der Waals surface area contributed by atoms with Gasteiger partial charge in [0.15, 0.2) is 18.9 Å². The normalized spacial score (nSPS) is 15.8. The van der Waals surface area contributed by atoms with Gasteiger partial charge in [0.25, 0.3) is 0 Å². The highest BCUT2D eigenvalue weighted by Gasteiger charge is 2.20. The van der Waals surface area contributed by atoms with Crippen molar-refractivity contribution in [2.75, 3.05) is 6.61 Å². The molecule has 2 aromatic rings. The number of rotatable bonds is 12. The molecule has 0 N–H and O–H groups in total. The first kappa shape index (κ1) is 21.0. The second-order valence-electron chi connectivity index (χ2n) is 8.35. The van der Waals surface area contributed by atoms with Crippen LogP contribution in [0.2, 0.25) is 0 Å². The minimum atomic E-state index is 0.126. The van der Waals surface area contributed by atoms with Gasteiger partial charge in [-0.25, -0.2) is 4.57 Å². The largest absolute Gasteiger partial charge is 0.367 e. The van der Waals surface area contributed by atoms with E-state index in [4.69, 9.17) is 4.74 Å². The lowest BCUT2D eigenvalue weighted by Crippen LogP contribution is -2.36. The van der Waals surface area contributed by atoms with Gasteiger partial charge in [-0.2, -0.15) is 0 Å². The molecule has 152 valence electrons. The molecule has 2 heteroatoms. The Balaban J connectivity index is 1.57. The summed E-state index contributed by atoms with van der Waals surface area (Å²) in [7, 11) is 0. The minimum absolute atomic E-state index is 0.126. The van der Waals surface area contributed by atoms with Crippen LogP contribution in [0.4, 0.5) is 0 Å². The van der Waals surface area contributed by atoms with Crippen molar-refractivity contribution >= 4 is 0 Å². The lowest BCUT2D eigenvalue weighted by molar-refractivity contribution is -0.705. The quantitative estimate of drug-likeness (QED) is 0.293. The van der Waals surface area contributed by atoms with E-state index in [1.165, 1.54) is 75.3 Å². The first-order valence-corrected chi connectivity index (χ1v) is 11.5. The molecule has 1 unspecified atom stereocenters. The molecule has 1 aliphatic rings. The van der Waals surface area contributed by atoms with Crippen LogP contribution in [0, 0.1) is 0 Å². The van der Waals surface area contributed by atoms with Crippen LogP contribution in [0.5, 0.6) is 0 Å². The van der Waals surface area contributed by atoms with E-state index in [1.807, 2.05) is 0 Å². The number of hydrogen-bond donors (Lipinski definition) is 0. The van der Waals surface area contributed by atoms with Gasteiger partial charge in [0.05, 0.1) is 0 Å². The summed E-state index contributed by atoms with van der Waals surface area (Å²) >= 11 is 0. The molecule has 0 spiro atoms. The Morgan fingerprint density at radius 1 is 0.893 bits per heavy atom. The molecule has 2 nitrogen and oxygen atoms in total. The molecule has 3 rings (SSSR count). The Morgan fingerprint density at radius 3 is 2.29 bits per heavy atom. The highest BCUT2D eigenvalue weighted by molar-refractivity contribution is 5.27. The van der Waals surface area contributed by atoms with Crippen LogP contribution in [0.15, 0.2) is 54.9 Å². The minimum Gasteiger partial charge on any atom is -0.367 e. The number of pyridine rings is 1. The molecule has 0 amide bonds. The van der Waals surface area contributed by atoms with E-state index in [0.717, 1.165) is 19.1 Å². The van der Waals surface area contributed by atoms with E-state index in [1.54, 1.807) is 0 Å². The number of hydrogen-bond acceptors (Lipinski definition) is 1. The van der Waals surface area contributed by atoms with Crippen molar-refractivity contribution < 1.29 is 9.30 Å². The van der Waals surface area contributed by atoms with Crippen molar-refractivity contribution in [3.63, 3.8) is 0 Å². The van der Waals surface area contributed by atoms with Gasteiger partial charge in [0.1, 0.15) is 6.10 Å². The zero-order valence-electron chi connectivity index (χ0n) is 17.7. The van der Waals surface area contributed by atoms with Crippen LogP contribution in [0.1, 0.15) is 94.3 Å². The lowest BCUT2D eigenvalue weighted by atomic mass is 9.95. The van der Waals surface area contributed by atoms with Crippen LogP contribution in [0.3, 0.4) is 0 Å². The molecule has 1 atom stereocenters. The van der Waals surface area contributed by atoms with E-state index in [0.29, 0.717) is 0 Å². The predicted molar refractivity (Wildman–Crippen MR) is 116 cm³/mol. The van der Waals surface area contributed by atoms with Crippen molar-refractivity contribution in [2.45, 2.75) is 89.7 Å². The number of nitrogens with zero attached hydrogens (tertiary/aromatic N) is 1. The van der Waals surface area contributed by atoms with Crippen molar-refractivity contribution in [1.82, 2.24) is 0 Å². The lowest BCUT2D eigenvalue weighted by Gasteiger charge is -2.17. The molecule has 28 heavy (non-hydrogen) atoms. The SMILES string of the molecule is CCCCCCCCOC(C[n+]1ccccc1)c1ccc(C2CCCC2)cc1. The van der Waals surface area contributed by atoms with Crippen molar-refractivity contribution in [2.24, 2.45) is 0 Å². The monoisotopic (exact) mass is 380 g/mol. The van der Waals surface area contributed by atoms with Gasteiger partial charge in [0, 0.05) is 18.7 Å². The summed E-state index contributed by atoms with van der Waals surface area (Å²) in [5, 5.41) is 0. The smallest absolute Gasteiger partial charge is 0.178 e. The summed E-state index contributed by atoms with van der Waals surface area (Å²) in [6.07, 6.45) is 17.7. The Labute approximate surface area is 171 Å². The van der Waals surface area contributed by atoms with Crippen LogP contribution in [-0.4, -0.2) is 6.61 Å². The highest BCUT2D eigenvalue weighted by Crippen LogP contribution is 2.34. The number of aromatic nitrogens is 1. The molecule has 1 aliphatic carbocycles. The second-order valence-corrected chi connectivity index (χ2v) is 8.35. The third-order valence-corrected chi connectivity index (χ3v) is 6.11. The summed E-state index contributed by atoms with van der Waals surface area (Å²) in [5.74, 6) is 0.778. The molecule has 1 aromatic heterocycles. The zero-order chi connectivity index (χ0) is 19.4. The maximum Gasteiger partial charge on any atom is 0.178 e. The zero-order valence-corrected chi connectivity index (χ0v) is 17.7. The van der Waals surface area contributed by atoms with E-state index in [9.17, 15) is 0 Å². The number of unbranched alkanes of at least 4 members (excludes halogenated alkanes) is 5. The Bertz CT molecular complexity index is 646. The fraction of sp³-hybridized carbons (Fsp3) is 0.577. The van der Waals surface area contributed by atoms with Crippen LogP contribution in [-0.2, 0) is 11.3 Å². The highest BCUT2D eigenvalue weighted by atomic mass is 16.5. The number of ether oxygens (including phenoxy) is 1. The van der Waals surface area contributed by atoms with E-state index >= 15 is 0 Å². The topological polar surface area (TPSA) is 13.1 Å². The van der Waals surface area contributed by atoms with Gasteiger partial charge in [0.2, 0.25) is 0 Å². The second kappa shape index (κ2) is 12.0. The predicted octanol–water partition coefficient (Wildman–Crippen LogP) is 6.75. The Morgan fingerprint density at radius 2 is 1.57 bits per heavy atom. The van der Waals surface area contributed by atoms with Gasteiger partial charge in [-0.15, -0.1) is 0 Å². The van der Waals surface area contributed by atoms with Gasteiger partial charge in [-0.1, -0.05) is 82.2 Å². The molecular weight excluding hydrogens is 342 g/mol. The summed E-state index contributed by atoms with van der Waals surface area (Å²) in [6.45, 7) is 4.00. The van der Waals surface area contributed by atoms with Crippen molar-refractivity contribution in [3.05, 3.63) is 66.0 Å². The van der Waals surface area contributed by atoms with Gasteiger partial charge in [-0.05, 0) is 36.3 Å². The Hall–Kier alpha value is -1.67. The average molecular weight is 381 g/mol.